The number of fused-ring (bicyclic) bond motifs is 1. The summed E-state index contributed by atoms with van der Waals surface area (Å²) >= 11 is 1.28. The maximum atomic E-state index is 15.1. The molecule has 1 aliphatic rings. The average molecular weight is 691 g/mol. The number of carbonyl (C=O) groups is 4. The normalized spacial score (nSPS) is 14.1. The molecule has 2 heterocycles. The van der Waals surface area contributed by atoms with Gasteiger partial charge in [0.25, 0.3) is 17.7 Å². The van der Waals surface area contributed by atoms with Crippen LogP contribution in [0, 0.1) is 17.0 Å². The molecule has 4 aromatic rings. The fourth-order valence-corrected chi connectivity index (χ4v) is 7.51. The molecule has 2 atom stereocenters. The molecule has 49 heavy (non-hydrogen) atoms. The molecule has 0 radical (unpaired) electrons. The van der Waals surface area contributed by atoms with Gasteiger partial charge in [0.15, 0.2) is 6.61 Å². The highest BCUT2D eigenvalue weighted by Gasteiger charge is 2.42. The summed E-state index contributed by atoms with van der Waals surface area (Å²) in [4.78, 5) is 55.8. The van der Waals surface area contributed by atoms with Crippen LogP contribution in [0.15, 0.2) is 78.9 Å². The van der Waals surface area contributed by atoms with Gasteiger partial charge in [-0.15, -0.1) is 11.3 Å². The molecule has 1 aliphatic heterocycles. The van der Waals surface area contributed by atoms with E-state index in [1.807, 2.05) is 51.1 Å². The number of ether oxygens (including phenoxy) is 1. The molecule has 0 fully saturated rings. The van der Waals surface area contributed by atoms with Crippen molar-refractivity contribution in [1.29, 1.82) is 0 Å². The minimum Gasteiger partial charge on any atom is -0.456 e. The van der Waals surface area contributed by atoms with Crippen molar-refractivity contribution >= 4 is 35.0 Å². The molecule has 0 saturated carbocycles. The third-order valence-electron chi connectivity index (χ3n) is 8.46. The Morgan fingerprint density at radius 1 is 0.898 bits per heavy atom. The zero-order valence-electron chi connectivity index (χ0n) is 27.7. The quantitative estimate of drug-likeness (QED) is 0.112. The van der Waals surface area contributed by atoms with Crippen molar-refractivity contribution in [1.82, 2.24) is 9.80 Å². The van der Waals surface area contributed by atoms with Gasteiger partial charge in [-0.1, -0.05) is 63.2 Å². The van der Waals surface area contributed by atoms with Crippen LogP contribution in [-0.2, 0) is 20.7 Å². The van der Waals surface area contributed by atoms with E-state index in [1.54, 1.807) is 18.2 Å². The molecule has 3 amide bonds. The SMILES string of the molecule is CC(=O)OCC(=O)N(CC[C@@H](CF)N1C(=O)c2ccccc2C1=O)[C@@H](c1cc(-c2cc(F)ccc2F)sc1Cc1ccccc1)C(C)(C)C. The van der Waals surface area contributed by atoms with Crippen LogP contribution in [0.3, 0.4) is 0 Å². The number of halogens is 3. The standard InChI is InChI=1S/C38H37F3N2O5S/c1-23(44)48-22-34(45)42(17-16-26(21-39)43-36(46)27-12-8-9-13-28(27)37(43)47)35(38(2,3)4)30-20-33(29-19-25(40)14-15-31(29)41)49-32(30)18-24-10-6-5-7-11-24/h5-15,19-20,26,35H,16-18,21-22H2,1-4H3/t26-,35-/m0/s1. The highest BCUT2D eigenvalue weighted by atomic mass is 32.1. The molecule has 256 valence electrons. The van der Waals surface area contributed by atoms with Crippen LogP contribution in [0.1, 0.15) is 76.9 Å². The third kappa shape index (κ3) is 7.77. The predicted octanol–water partition coefficient (Wildman–Crippen LogP) is 7.79. The Morgan fingerprint density at radius 3 is 2.12 bits per heavy atom. The van der Waals surface area contributed by atoms with Crippen molar-refractivity contribution in [2.75, 3.05) is 19.8 Å². The first-order valence-corrected chi connectivity index (χ1v) is 16.7. The van der Waals surface area contributed by atoms with E-state index < -0.39 is 66.1 Å². The zero-order chi connectivity index (χ0) is 35.5. The molecule has 0 saturated heterocycles. The molecule has 7 nitrogen and oxygen atoms in total. The van der Waals surface area contributed by atoms with E-state index in [9.17, 15) is 28.0 Å². The summed E-state index contributed by atoms with van der Waals surface area (Å²) in [6, 6.07) is 18.9. The summed E-state index contributed by atoms with van der Waals surface area (Å²) in [5.74, 6) is -3.69. The van der Waals surface area contributed by atoms with Crippen molar-refractivity contribution in [2.45, 2.75) is 52.6 Å². The van der Waals surface area contributed by atoms with Crippen molar-refractivity contribution < 1.29 is 37.1 Å². The first kappa shape index (κ1) is 35.5. The minimum atomic E-state index is -1.18. The lowest BCUT2D eigenvalue weighted by molar-refractivity contribution is -0.152. The molecule has 0 unspecified atom stereocenters. The molecule has 1 aromatic heterocycles. The van der Waals surface area contributed by atoms with Crippen molar-refractivity contribution in [3.05, 3.63) is 118 Å². The molecular weight excluding hydrogens is 653 g/mol. The van der Waals surface area contributed by atoms with Gasteiger partial charge in [-0.05, 0) is 59.4 Å². The lowest BCUT2D eigenvalue weighted by Gasteiger charge is -2.41. The van der Waals surface area contributed by atoms with Crippen LogP contribution in [-0.4, -0.2) is 59.4 Å². The minimum absolute atomic E-state index is 0.0686. The summed E-state index contributed by atoms with van der Waals surface area (Å²) in [7, 11) is 0. The van der Waals surface area contributed by atoms with E-state index >= 15 is 4.39 Å². The Balaban J connectivity index is 1.58. The lowest BCUT2D eigenvalue weighted by atomic mass is 9.80. The van der Waals surface area contributed by atoms with Gasteiger partial charge in [-0.25, -0.2) is 13.2 Å². The van der Waals surface area contributed by atoms with Gasteiger partial charge in [-0.2, -0.15) is 0 Å². The molecule has 0 N–H and O–H groups in total. The van der Waals surface area contributed by atoms with Crippen LogP contribution in [0.25, 0.3) is 10.4 Å². The van der Waals surface area contributed by atoms with Crippen LogP contribution in [0.5, 0.6) is 0 Å². The Morgan fingerprint density at radius 2 is 1.53 bits per heavy atom. The number of rotatable bonds is 12. The number of amides is 3. The summed E-state index contributed by atoms with van der Waals surface area (Å²) in [5.41, 5.74) is 1.35. The Hall–Kier alpha value is -4.77. The lowest BCUT2D eigenvalue weighted by Crippen LogP contribution is -2.47. The van der Waals surface area contributed by atoms with E-state index in [0.29, 0.717) is 16.9 Å². The van der Waals surface area contributed by atoms with Gasteiger partial charge >= 0.3 is 5.97 Å². The molecule has 0 bridgehead atoms. The van der Waals surface area contributed by atoms with E-state index in [2.05, 4.69) is 0 Å². The van der Waals surface area contributed by atoms with Crippen LogP contribution in [0.2, 0.25) is 0 Å². The van der Waals surface area contributed by atoms with Crippen molar-refractivity contribution in [2.24, 2.45) is 5.41 Å². The highest BCUT2D eigenvalue weighted by molar-refractivity contribution is 7.15. The van der Waals surface area contributed by atoms with Gasteiger partial charge in [0, 0.05) is 35.2 Å². The van der Waals surface area contributed by atoms with E-state index in [-0.39, 0.29) is 29.7 Å². The van der Waals surface area contributed by atoms with Gasteiger partial charge in [0.2, 0.25) is 0 Å². The summed E-state index contributed by atoms with van der Waals surface area (Å²) < 4.78 is 49.3. The summed E-state index contributed by atoms with van der Waals surface area (Å²) in [6.45, 7) is 5.15. The maximum absolute atomic E-state index is 15.1. The number of alkyl halides is 1. The smallest absolute Gasteiger partial charge is 0.303 e. The number of benzene rings is 3. The van der Waals surface area contributed by atoms with Crippen LogP contribution < -0.4 is 0 Å². The molecule has 3 aromatic carbocycles. The van der Waals surface area contributed by atoms with Gasteiger partial charge in [0.05, 0.1) is 23.2 Å². The Kier molecular flexibility index (Phi) is 10.7. The number of imide groups is 1. The van der Waals surface area contributed by atoms with Crippen molar-refractivity contribution in [3.8, 4) is 10.4 Å². The molecule has 0 aliphatic carbocycles. The fraction of sp³-hybridized carbons (Fsp3) is 0.316. The monoisotopic (exact) mass is 690 g/mol. The zero-order valence-corrected chi connectivity index (χ0v) is 28.5. The van der Waals surface area contributed by atoms with Gasteiger partial charge < -0.3 is 9.64 Å². The van der Waals surface area contributed by atoms with Gasteiger partial charge in [-0.3, -0.25) is 24.1 Å². The third-order valence-corrected chi connectivity index (χ3v) is 9.65. The summed E-state index contributed by atoms with van der Waals surface area (Å²) in [6.07, 6.45) is 0.308. The van der Waals surface area contributed by atoms with E-state index in [4.69, 9.17) is 4.74 Å². The number of esters is 1. The maximum Gasteiger partial charge on any atom is 0.303 e. The number of thiophene rings is 1. The second-order valence-electron chi connectivity index (χ2n) is 13.0. The molecule has 11 heteroatoms. The highest BCUT2D eigenvalue weighted by Crippen LogP contribution is 2.46. The average Bonchev–Trinajstić information content (AvgIpc) is 3.58. The number of nitrogens with zero attached hydrogens (tertiary/aromatic N) is 2. The Bertz CT molecular complexity index is 1840. The largest absolute Gasteiger partial charge is 0.456 e. The van der Waals surface area contributed by atoms with Crippen LogP contribution >= 0.6 is 11.3 Å². The second kappa shape index (κ2) is 14.8. The molecule has 0 spiro atoms. The summed E-state index contributed by atoms with van der Waals surface area (Å²) in [5, 5.41) is 0. The molecular formula is C38H37F3N2O5S. The van der Waals surface area contributed by atoms with E-state index in [0.717, 1.165) is 33.5 Å². The molecule has 5 rings (SSSR count). The van der Waals surface area contributed by atoms with Gasteiger partial charge in [0.1, 0.15) is 18.3 Å². The van der Waals surface area contributed by atoms with Crippen LogP contribution in [0.4, 0.5) is 13.2 Å². The number of hydrogen-bond donors (Lipinski definition) is 0. The topological polar surface area (TPSA) is 84.0 Å². The first-order valence-electron chi connectivity index (χ1n) is 15.9. The number of carbonyl (C=O) groups excluding carboxylic acids is 4. The second-order valence-corrected chi connectivity index (χ2v) is 14.2. The Labute approximate surface area is 287 Å². The number of hydrogen-bond acceptors (Lipinski definition) is 6. The van der Waals surface area contributed by atoms with Crippen molar-refractivity contribution in [3.63, 3.8) is 0 Å². The van der Waals surface area contributed by atoms with E-state index in [1.165, 1.54) is 35.3 Å². The fourth-order valence-electron chi connectivity index (χ4n) is 6.26. The predicted molar refractivity (Wildman–Crippen MR) is 181 cm³/mol. The first-order chi connectivity index (χ1) is 23.3.